The summed E-state index contributed by atoms with van der Waals surface area (Å²) in [7, 11) is 0. The summed E-state index contributed by atoms with van der Waals surface area (Å²) in [5.74, 6) is -0.257. The number of fused-ring (bicyclic) bond motifs is 1. The SMILES string of the molecule is O=C(NCCCN1CCCCCC1)c1cc2n(n1)CCCN(Cc1ccccc1)C2=O. The number of benzene rings is 1. The van der Waals surface area contributed by atoms with Gasteiger partial charge in [-0.3, -0.25) is 14.3 Å². The summed E-state index contributed by atoms with van der Waals surface area (Å²) in [6.07, 6.45) is 6.98. The van der Waals surface area contributed by atoms with E-state index in [-0.39, 0.29) is 11.8 Å². The first-order valence-electron chi connectivity index (χ1n) is 11.6. The van der Waals surface area contributed by atoms with Crippen LogP contribution in [0.4, 0.5) is 0 Å². The van der Waals surface area contributed by atoms with Crippen molar-refractivity contribution in [3.63, 3.8) is 0 Å². The minimum atomic E-state index is -0.196. The van der Waals surface area contributed by atoms with Crippen LogP contribution in [0.15, 0.2) is 36.4 Å². The van der Waals surface area contributed by atoms with Crippen LogP contribution >= 0.6 is 0 Å². The number of nitrogens with zero attached hydrogens (tertiary/aromatic N) is 4. The molecule has 0 aliphatic carbocycles. The van der Waals surface area contributed by atoms with Crippen molar-refractivity contribution in [2.75, 3.05) is 32.7 Å². The molecule has 7 heteroatoms. The van der Waals surface area contributed by atoms with Crippen molar-refractivity contribution in [1.29, 1.82) is 0 Å². The lowest BCUT2D eigenvalue weighted by Gasteiger charge is -2.20. The minimum Gasteiger partial charge on any atom is -0.351 e. The van der Waals surface area contributed by atoms with Crippen LogP contribution in [-0.2, 0) is 13.1 Å². The summed E-state index contributed by atoms with van der Waals surface area (Å²) in [4.78, 5) is 30.0. The molecule has 0 saturated carbocycles. The molecule has 1 aromatic carbocycles. The van der Waals surface area contributed by atoms with Crippen LogP contribution in [0.3, 0.4) is 0 Å². The van der Waals surface area contributed by atoms with E-state index in [0.29, 0.717) is 37.6 Å². The number of amides is 2. The number of carbonyl (C=O) groups excluding carboxylic acids is 2. The fourth-order valence-corrected chi connectivity index (χ4v) is 4.45. The molecule has 0 radical (unpaired) electrons. The predicted octanol–water partition coefficient (Wildman–Crippen LogP) is 2.93. The van der Waals surface area contributed by atoms with E-state index >= 15 is 0 Å². The van der Waals surface area contributed by atoms with Gasteiger partial charge in [0.1, 0.15) is 5.69 Å². The average molecular weight is 424 g/mol. The van der Waals surface area contributed by atoms with Gasteiger partial charge in [0.05, 0.1) is 0 Å². The minimum absolute atomic E-state index is 0.0610. The second kappa shape index (κ2) is 10.6. The maximum atomic E-state index is 13.1. The summed E-state index contributed by atoms with van der Waals surface area (Å²) >= 11 is 0. The molecule has 3 heterocycles. The van der Waals surface area contributed by atoms with Crippen molar-refractivity contribution in [3.8, 4) is 0 Å². The number of nitrogens with one attached hydrogen (secondary N) is 1. The van der Waals surface area contributed by atoms with Crippen LogP contribution in [0.5, 0.6) is 0 Å². The van der Waals surface area contributed by atoms with Crippen LogP contribution in [0.25, 0.3) is 0 Å². The zero-order valence-corrected chi connectivity index (χ0v) is 18.3. The van der Waals surface area contributed by atoms with E-state index in [1.807, 2.05) is 35.2 Å². The monoisotopic (exact) mass is 423 g/mol. The molecule has 1 saturated heterocycles. The molecule has 31 heavy (non-hydrogen) atoms. The maximum Gasteiger partial charge on any atom is 0.272 e. The number of aromatic nitrogens is 2. The van der Waals surface area contributed by atoms with Crippen molar-refractivity contribution in [2.24, 2.45) is 0 Å². The summed E-state index contributed by atoms with van der Waals surface area (Å²) in [5.41, 5.74) is 1.94. The van der Waals surface area contributed by atoms with E-state index in [4.69, 9.17) is 0 Å². The number of hydrogen-bond acceptors (Lipinski definition) is 4. The third-order valence-corrected chi connectivity index (χ3v) is 6.17. The molecule has 0 atom stereocenters. The molecule has 4 rings (SSSR count). The molecule has 2 aliphatic rings. The first-order valence-corrected chi connectivity index (χ1v) is 11.6. The van der Waals surface area contributed by atoms with Crippen molar-refractivity contribution >= 4 is 11.8 Å². The van der Waals surface area contributed by atoms with Gasteiger partial charge >= 0.3 is 0 Å². The zero-order valence-electron chi connectivity index (χ0n) is 18.3. The van der Waals surface area contributed by atoms with Gasteiger partial charge in [-0.25, -0.2) is 0 Å². The molecule has 7 nitrogen and oxygen atoms in total. The Morgan fingerprint density at radius 2 is 1.74 bits per heavy atom. The molecular formula is C24H33N5O2. The average Bonchev–Trinajstić information content (AvgIpc) is 2.95. The topological polar surface area (TPSA) is 70.5 Å². The van der Waals surface area contributed by atoms with Gasteiger partial charge in [0, 0.05) is 32.2 Å². The Bertz CT molecular complexity index is 871. The van der Waals surface area contributed by atoms with Gasteiger partial charge in [-0.05, 0) is 50.9 Å². The number of likely N-dealkylation sites (tertiary alicyclic amines) is 1. The Morgan fingerprint density at radius 1 is 0.968 bits per heavy atom. The molecule has 0 spiro atoms. The van der Waals surface area contributed by atoms with E-state index in [2.05, 4.69) is 15.3 Å². The molecule has 0 bridgehead atoms. The van der Waals surface area contributed by atoms with Crippen LogP contribution in [-0.4, -0.2) is 64.1 Å². The quantitative estimate of drug-likeness (QED) is 0.695. The van der Waals surface area contributed by atoms with Gasteiger partial charge in [0.15, 0.2) is 5.69 Å². The first-order chi connectivity index (χ1) is 15.2. The van der Waals surface area contributed by atoms with Crippen LogP contribution in [0, 0.1) is 0 Å². The Morgan fingerprint density at radius 3 is 2.52 bits per heavy atom. The largest absolute Gasteiger partial charge is 0.351 e. The van der Waals surface area contributed by atoms with E-state index < -0.39 is 0 Å². The van der Waals surface area contributed by atoms with Crippen molar-refractivity contribution in [1.82, 2.24) is 24.9 Å². The van der Waals surface area contributed by atoms with Crippen molar-refractivity contribution < 1.29 is 9.59 Å². The first kappa shape index (κ1) is 21.6. The van der Waals surface area contributed by atoms with E-state index in [1.54, 1.807) is 10.7 Å². The predicted molar refractivity (Wildman–Crippen MR) is 120 cm³/mol. The zero-order chi connectivity index (χ0) is 21.5. The van der Waals surface area contributed by atoms with Gasteiger partial charge in [-0.2, -0.15) is 5.10 Å². The van der Waals surface area contributed by atoms with Crippen molar-refractivity contribution in [3.05, 3.63) is 53.3 Å². The smallest absolute Gasteiger partial charge is 0.272 e. The molecule has 0 unspecified atom stereocenters. The number of aryl methyl sites for hydroxylation is 1. The fraction of sp³-hybridized carbons (Fsp3) is 0.542. The Hall–Kier alpha value is -2.67. The normalized spacial score (nSPS) is 17.7. The van der Waals surface area contributed by atoms with E-state index in [1.165, 1.54) is 38.8 Å². The lowest BCUT2D eigenvalue weighted by atomic mass is 10.2. The summed E-state index contributed by atoms with van der Waals surface area (Å²) < 4.78 is 1.69. The standard InChI is InChI=1S/C24H33N5O2/c30-23(25-12-8-15-27-13-6-1-2-7-14-27)21-18-22-24(31)28(16-9-17-29(22)26-21)19-20-10-4-3-5-11-20/h3-5,10-11,18H,1-2,6-9,12-17,19H2,(H,25,30). The Labute approximate surface area is 184 Å². The summed E-state index contributed by atoms with van der Waals surface area (Å²) in [6, 6.07) is 11.6. The molecule has 1 N–H and O–H groups in total. The van der Waals surface area contributed by atoms with Gasteiger partial charge in [0.2, 0.25) is 0 Å². The van der Waals surface area contributed by atoms with Gasteiger partial charge in [-0.1, -0.05) is 43.2 Å². The molecule has 1 aromatic heterocycles. The highest BCUT2D eigenvalue weighted by Gasteiger charge is 2.26. The molecule has 166 valence electrons. The van der Waals surface area contributed by atoms with Crippen LogP contribution < -0.4 is 5.32 Å². The number of hydrogen-bond donors (Lipinski definition) is 1. The fourth-order valence-electron chi connectivity index (χ4n) is 4.45. The van der Waals surface area contributed by atoms with E-state index in [9.17, 15) is 9.59 Å². The molecule has 2 aromatic rings. The molecule has 2 amide bonds. The van der Waals surface area contributed by atoms with Gasteiger partial charge in [0.25, 0.3) is 11.8 Å². The number of carbonyl (C=O) groups is 2. The molecule has 2 aliphatic heterocycles. The second-order valence-corrected chi connectivity index (χ2v) is 8.57. The highest BCUT2D eigenvalue weighted by Crippen LogP contribution is 2.17. The lowest BCUT2D eigenvalue weighted by Crippen LogP contribution is -2.31. The Balaban J connectivity index is 1.31. The Kier molecular flexibility index (Phi) is 7.35. The molecular weight excluding hydrogens is 390 g/mol. The van der Waals surface area contributed by atoms with Gasteiger partial charge < -0.3 is 15.1 Å². The highest BCUT2D eigenvalue weighted by molar-refractivity contribution is 5.98. The summed E-state index contributed by atoms with van der Waals surface area (Å²) in [5, 5.41) is 7.41. The summed E-state index contributed by atoms with van der Waals surface area (Å²) in [6.45, 7) is 5.90. The third-order valence-electron chi connectivity index (χ3n) is 6.17. The van der Waals surface area contributed by atoms with Crippen molar-refractivity contribution in [2.45, 2.75) is 51.6 Å². The van der Waals surface area contributed by atoms with Gasteiger partial charge in [-0.15, -0.1) is 0 Å². The van der Waals surface area contributed by atoms with Crippen LogP contribution in [0.2, 0.25) is 0 Å². The van der Waals surface area contributed by atoms with E-state index in [0.717, 1.165) is 24.9 Å². The van der Waals surface area contributed by atoms with Crippen LogP contribution in [0.1, 0.15) is 65.1 Å². The second-order valence-electron chi connectivity index (χ2n) is 8.57. The highest BCUT2D eigenvalue weighted by atomic mass is 16.2. The third kappa shape index (κ3) is 5.73. The number of rotatable bonds is 7. The maximum absolute atomic E-state index is 13.1. The lowest BCUT2D eigenvalue weighted by molar-refractivity contribution is 0.0745. The molecule has 1 fully saturated rings.